The van der Waals surface area contributed by atoms with E-state index in [1.54, 1.807) is 11.0 Å². The van der Waals surface area contributed by atoms with Gasteiger partial charge in [0.25, 0.3) is 0 Å². The Morgan fingerprint density at radius 3 is 2.80 bits per heavy atom. The Morgan fingerprint density at radius 2 is 2.00 bits per heavy atom. The maximum Gasteiger partial charge on any atom is 0.227 e. The molecular formula is C24H27ClN6O3S. The van der Waals surface area contributed by atoms with Gasteiger partial charge in [-0.3, -0.25) is 4.79 Å². The van der Waals surface area contributed by atoms with Gasteiger partial charge in [0, 0.05) is 62.6 Å². The van der Waals surface area contributed by atoms with Crippen LogP contribution in [0.1, 0.15) is 43.2 Å². The van der Waals surface area contributed by atoms with E-state index in [9.17, 15) is 9.35 Å². The minimum absolute atomic E-state index is 0.0838. The molecule has 11 heteroatoms. The number of oxazole rings is 1. The van der Waals surface area contributed by atoms with Crippen molar-refractivity contribution in [1.29, 1.82) is 0 Å². The number of rotatable bonds is 4. The molecule has 9 nitrogen and oxygen atoms in total. The molecule has 1 aromatic carbocycles. The topological polar surface area (TPSA) is 110 Å². The van der Waals surface area contributed by atoms with Crippen molar-refractivity contribution < 1.29 is 13.8 Å². The van der Waals surface area contributed by atoms with Crippen molar-refractivity contribution in [3.8, 4) is 0 Å². The fourth-order valence-corrected chi connectivity index (χ4v) is 6.64. The number of fused-ring (bicyclic) bond motifs is 2. The zero-order valence-electron chi connectivity index (χ0n) is 19.5. The van der Waals surface area contributed by atoms with Crippen LogP contribution in [0.2, 0.25) is 5.02 Å². The molecule has 2 atom stereocenters. The van der Waals surface area contributed by atoms with Crippen molar-refractivity contribution >= 4 is 51.5 Å². The van der Waals surface area contributed by atoms with Gasteiger partial charge in [-0.1, -0.05) is 11.6 Å². The van der Waals surface area contributed by atoms with Crippen LogP contribution in [-0.2, 0) is 22.4 Å². The maximum absolute atomic E-state index is 12.7. The van der Waals surface area contributed by atoms with Gasteiger partial charge in [0.15, 0.2) is 17.3 Å². The van der Waals surface area contributed by atoms with E-state index in [-0.39, 0.29) is 17.9 Å². The van der Waals surface area contributed by atoms with Crippen LogP contribution < -0.4 is 10.2 Å². The number of amides is 1. The summed E-state index contributed by atoms with van der Waals surface area (Å²) in [5.74, 6) is 3.05. The summed E-state index contributed by atoms with van der Waals surface area (Å²) in [7, 11) is 1.82. The van der Waals surface area contributed by atoms with Crippen molar-refractivity contribution in [3.05, 3.63) is 34.8 Å². The lowest BCUT2D eigenvalue weighted by Crippen LogP contribution is -2.43. The second-order valence-corrected chi connectivity index (χ2v) is 11.5. The van der Waals surface area contributed by atoms with E-state index >= 15 is 0 Å². The van der Waals surface area contributed by atoms with E-state index in [0.29, 0.717) is 41.9 Å². The average Bonchev–Trinajstić information content (AvgIpc) is 3.45. The van der Waals surface area contributed by atoms with Crippen molar-refractivity contribution in [2.75, 3.05) is 42.7 Å². The van der Waals surface area contributed by atoms with Crippen LogP contribution in [0.25, 0.3) is 11.1 Å². The molecule has 3 aliphatic rings. The molecule has 184 valence electrons. The molecule has 2 fully saturated rings. The Hall–Kier alpha value is -2.56. The third kappa shape index (κ3) is 4.43. The SMILES string of the molecule is CN1C[C@@H](Nc2nc(N3CCC(c4nc5ccc(Cl)cc5o4)CC3)nc3c2[S+]([O-])CC3)CCC1=O. The van der Waals surface area contributed by atoms with Crippen molar-refractivity contribution in [2.45, 2.75) is 49.0 Å². The Bertz CT molecular complexity index is 1280. The molecule has 5 heterocycles. The molecule has 3 aliphatic heterocycles. The third-order valence-corrected chi connectivity index (χ3v) is 8.83. The number of benzene rings is 1. The number of anilines is 2. The fraction of sp³-hybridized carbons (Fsp3) is 0.500. The Morgan fingerprint density at radius 1 is 1.17 bits per heavy atom. The van der Waals surface area contributed by atoms with E-state index in [4.69, 9.17) is 26.0 Å². The Labute approximate surface area is 211 Å². The lowest BCUT2D eigenvalue weighted by Gasteiger charge is -2.32. The van der Waals surface area contributed by atoms with Gasteiger partial charge in [-0.05, 0) is 42.6 Å². The number of likely N-dealkylation sites (N-methyl/N-ethyl adjacent to an activating group) is 1. The molecule has 0 spiro atoms. The smallest absolute Gasteiger partial charge is 0.227 e. The number of hydrogen-bond donors (Lipinski definition) is 1. The van der Waals surface area contributed by atoms with Crippen LogP contribution in [0.5, 0.6) is 0 Å². The molecule has 2 aromatic heterocycles. The van der Waals surface area contributed by atoms with Crippen LogP contribution in [0, 0.1) is 0 Å². The highest BCUT2D eigenvalue weighted by molar-refractivity contribution is 7.91. The maximum atomic E-state index is 12.7. The molecule has 0 radical (unpaired) electrons. The van der Waals surface area contributed by atoms with Crippen molar-refractivity contribution in [3.63, 3.8) is 0 Å². The van der Waals surface area contributed by atoms with Gasteiger partial charge < -0.3 is 24.1 Å². The summed E-state index contributed by atoms with van der Waals surface area (Å²) in [5.41, 5.74) is 2.41. The van der Waals surface area contributed by atoms with E-state index in [0.717, 1.165) is 59.9 Å². The first kappa shape index (κ1) is 22.9. The summed E-state index contributed by atoms with van der Waals surface area (Å²) in [5, 5.41) is 4.14. The van der Waals surface area contributed by atoms with Gasteiger partial charge in [0.1, 0.15) is 17.0 Å². The number of nitrogens with one attached hydrogen (secondary N) is 1. The molecule has 0 bridgehead atoms. The predicted molar refractivity (Wildman–Crippen MR) is 135 cm³/mol. The number of carbonyl (C=O) groups is 1. The van der Waals surface area contributed by atoms with E-state index in [2.05, 4.69) is 15.2 Å². The molecule has 6 rings (SSSR count). The molecule has 2 saturated heterocycles. The average molecular weight is 515 g/mol. The van der Waals surface area contributed by atoms with Gasteiger partial charge >= 0.3 is 0 Å². The summed E-state index contributed by atoms with van der Waals surface area (Å²) in [6.07, 6.45) is 3.70. The van der Waals surface area contributed by atoms with Gasteiger partial charge in [-0.25, -0.2) is 9.97 Å². The van der Waals surface area contributed by atoms with Gasteiger partial charge in [-0.2, -0.15) is 4.98 Å². The molecular weight excluding hydrogens is 488 g/mol. The van der Waals surface area contributed by atoms with Crippen LogP contribution >= 0.6 is 11.6 Å². The van der Waals surface area contributed by atoms with E-state index in [1.165, 1.54) is 0 Å². The molecule has 1 unspecified atom stereocenters. The van der Waals surface area contributed by atoms with Crippen LogP contribution in [-0.4, -0.2) is 68.8 Å². The summed E-state index contributed by atoms with van der Waals surface area (Å²) in [4.78, 5) is 30.9. The standard InChI is InChI=1S/C24H27ClN6O3S/c1-30-13-16(3-5-20(30)32)26-22-21-18(8-11-35(21)33)28-24(29-22)31-9-6-14(7-10-31)23-27-17-4-2-15(25)12-19(17)34-23/h2,4,12,14,16H,3,5-11,13H2,1H3,(H,26,28,29)/t16-,35?/m0/s1. The summed E-state index contributed by atoms with van der Waals surface area (Å²) < 4.78 is 18.7. The lowest BCUT2D eigenvalue weighted by atomic mass is 9.97. The molecule has 0 saturated carbocycles. The molecule has 35 heavy (non-hydrogen) atoms. The third-order valence-electron chi connectivity index (χ3n) is 7.14. The minimum atomic E-state index is -1.10. The van der Waals surface area contributed by atoms with Crippen LogP contribution in [0.15, 0.2) is 27.5 Å². The molecule has 1 amide bonds. The largest absolute Gasteiger partial charge is 0.611 e. The minimum Gasteiger partial charge on any atom is -0.611 e. The molecule has 0 aliphatic carbocycles. The monoisotopic (exact) mass is 514 g/mol. The first-order chi connectivity index (χ1) is 16.9. The highest BCUT2D eigenvalue weighted by atomic mass is 35.5. The number of halogens is 1. The number of carbonyl (C=O) groups excluding carboxylic acids is 1. The fourth-order valence-electron chi connectivity index (χ4n) is 5.16. The second-order valence-electron chi connectivity index (χ2n) is 9.53. The van der Waals surface area contributed by atoms with Crippen molar-refractivity contribution in [2.24, 2.45) is 0 Å². The number of hydrogen-bond acceptors (Lipinski definition) is 8. The van der Waals surface area contributed by atoms with Crippen molar-refractivity contribution in [1.82, 2.24) is 19.9 Å². The quantitative estimate of drug-likeness (QED) is 0.528. The summed E-state index contributed by atoms with van der Waals surface area (Å²) in [6.45, 7) is 2.18. The second kappa shape index (κ2) is 9.15. The number of likely N-dealkylation sites (tertiary alicyclic amines) is 1. The Balaban J connectivity index is 1.20. The van der Waals surface area contributed by atoms with Gasteiger partial charge in [0.05, 0.1) is 0 Å². The lowest BCUT2D eigenvalue weighted by molar-refractivity contribution is -0.132. The van der Waals surface area contributed by atoms with Gasteiger partial charge in [-0.15, -0.1) is 0 Å². The first-order valence-electron chi connectivity index (χ1n) is 12.1. The highest BCUT2D eigenvalue weighted by Crippen LogP contribution is 2.36. The molecule has 1 N–H and O–H groups in total. The van der Waals surface area contributed by atoms with Crippen LogP contribution in [0.4, 0.5) is 11.8 Å². The van der Waals surface area contributed by atoms with E-state index in [1.807, 2.05) is 19.2 Å². The number of aryl methyl sites for hydroxylation is 1. The first-order valence-corrected chi connectivity index (χ1v) is 13.7. The van der Waals surface area contributed by atoms with Crippen LogP contribution in [0.3, 0.4) is 0 Å². The zero-order chi connectivity index (χ0) is 24.1. The summed E-state index contributed by atoms with van der Waals surface area (Å²) >= 11 is 4.99. The highest BCUT2D eigenvalue weighted by Gasteiger charge is 2.35. The number of nitrogens with zero attached hydrogens (tertiary/aromatic N) is 5. The van der Waals surface area contributed by atoms with Gasteiger partial charge in [0.2, 0.25) is 16.8 Å². The zero-order valence-corrected chi connectivity index (χ0v) is 21.1. The molecule has 3 aromatic rings. The number of aromatic nitrogens is 3. The normalized spacial score (nSPS) is 23.2. The summed E-state index contributed by atoms with van der Waals surface area (Å²) in [6, 6.07) is 5.60. The number of piperidine rings is 2. The van der Waals surface area contributed by atoms with E-state index < -0.39 is 11.2 Å². The predicted octanol–water partition coefficient (Wildman–Crippen LogP) is 3.35. The Kier molecular flexibility index (Phi) is 5.98.